The molecule has 0 aliphatic heterocycles. The minimum Gasteiger partial charge on any atom is -0.409 e. The number of anilines is 1. The number of oxime groups is 1. The van der Waals surface area contributed by atoms with Crippen molar-refractivity contribution >= 4 is 49.3 Å². The molecule has 0 aromatic heterocycles. The van der Waals surface area contributed by atoms with Gasteiger partial charge in [-0.3, -0.25) is 4.79 Å². The third-order valence-electron chi connectivity index (χ3n) is 3.42. The lowest BCUT2D eigenvalue weighted by Crippen LogP contribution is -2.46. The highest BCUT2D eigenvalue weighted by atomic mass is 79.9. The number of amidine groups is 1. The molecule has 0 aliphatic carbocycles. The van der Waals surface area contributed by atoms with Crippen LogP contribution in [0, 0.1) is 5.41 Å². The number of amides is 1. The monoisotopic (exact) mass is 405 g/mol. The molecule has 0 saturated carbocycles. The zero-order valence-corrected chi connectivity index (χ0v) is 14.5. The predicted molar refractivity (Wildman–Crippen MR) is 86.9 cm³/mol. The molecule has 0 heterocycles. The van der Waals surface area contributed by atoms with Crippen LogP contribution in [-0.4, -0.2) is 17.0 Å². The van der Waals surface area contributed by atoms with E-state index in [1.807, 2.05) is 26.0 Å². The summed E-state index contributed by atoms with van der Waals surface area (Å²) in [5.74, 6) is -0.367. The van der Waals surface area contributed by atoms with Crippen LogP contribution in [0.4, 0.5) is 5.69 Å². The Morgan fingerprint density at radius 1 is 1.40 bits per heavy atom. The van der Waals surface area contributed by atoms with E-state index in [2.05, 4.69) is 42.3 Å². The van der Waals surface area contributed by atoms with Gasteiger partial charge >= 0.3 is 0 Å². The summed E-state index contributed by atoms with van der Waals surface area (Å²) >= 11 is 6.73. The second-order valence-electron chi connectivity index (χ2n) is 4.35. The van der Waals surface area contributed by atoms with Crippen LogP contribution in [0.2, 0.25) is 0 Å². The summed E-state index contributed by atoms with van der Waals surface area (Å²) in [6.07, 6.45) is 0.888. The van der Waals surface area contributed by atoms with Crippen molar-refractivity contribution < 1.29 is 10.0 Å². The van der Waals surface area contributed by atoms with E-state index in [-0.39, 0.29) is 11.7 Å². The number of nitrogens with one attached hydrogen (secondary N) is 1. The summed E-state index contributed by atoms with van der Waals surface area (Å²) in [6.45, 7) is 3.66. The Bertz CT molecular complexity index is 528. The lowest BCUT2D eigenvalue weighted by molar-refractivity contribution is -0.122. The molecule has 1 rings (SSSR count). The molecule has 7 heteroatoms. The van der Waals surface area contributed by atoms with Crippen LogP contribution >= 0.6 is 31.9 Å². The van der Waals surface area contributed by atoms with E-state index < -0.39 is 5.41 Å². The van der Waals surface area contributed by atoms with Gasteiger partial charge in [0.1, 0.15) is 5.41 Å². The fraction of sp³-hybridized carbons (Fsp3) is 0.385. The fourth-order valence-electron chi connectivity index (χ4n) is 1.98. The Labute approximate surface area is 134 Å². The number of hydrogen-bond acceptors (Lipinski definition) is 3. The summed E-state index contributed by atoms with van der Waals surface area (Å²) in [6, 6.07) is 5.43. The van der Waals surface area contributed by atoms with Crippen LogP contribution in [0.15, 0.2) is 32.3 Å². The van der Waals surface area contributed by atoms with Crippen LogP contribution in [0.1, 0.15) is 26.7 Å². The maximum Gasteiger partial charge on any atom is 0.238 e. The number of rotatable bonds is 5. The standard InChI is InChI=1S/C13H17Br2N3O2/c1-3-13(4-2,11(16)18-20)12(19)17-10-6-5-8(14)7-9(10)15/h5-7,20H,3-4H2,1-2H3,(H2,16,18)(H,17,19). The average Bonchev–Trinajstić information content (AvgIpc) is 2.43. The molecule has 0 saturated heterocycles. The molecule has 1 aromatic rings. The Morgan fingerprint density at radius 2 is 2.00 bits per heavy atom. The highest BCUT2D eigenvalue weighted by molar-refractivity contribution is 9.11. The van der Waals surface area contributed by atoms with Gasteiger partial charge in [0.15, 0.2) is 5.84 Å². The molecule has 0 unspecified atom stereocenters. The lowest BCUT2D eigenvalue weighted by Gasteiger charge is -2.28. The third-order valence-corrected chi connectivity index (χ3v) is 4.57. The van der Waals surface area contributed by atoms with E-state index >= 15 is 0 Å². The largest absolute Gasteiger partial charge is 0.409 e. The number of carbonyl (C=O) groups is 1. The van der Waals surface area contributed by atoms with Crippen molar-refractivity contribution in [2.45, 2.75) is 26.7 Å². The molecule has 0 spiro atoms. The predicted octanol–water partition coefficient (Wildman–Crippen LogP) is 3.70. The zero-order chi connectivity index (χ0) is 15.3. The third kappa shape index (κ3) is 3.32. The maximum absolute atomic E-state index is 12.5. The van der Waals surface area contributed by atoms with Gasteiger partial charge < -0.3 is 16.3 Å². The number of hydrogen-bond donors (Lipinski definition) is 3. The summed E-state index contributed by atoms with van der Waals surface area (Å²) in [4.78, 5) is 12.5. The van der Waals surface area contributed by atoms with Crippen molar-refractivity contribution in [2.75, 3.05) is 5.32 Å². The van der Waals surface area contributed by atoms with Gasteiger partial charge in [0.05, 0.1) is 5.69 Å². The van der Waals surface area contributed by atoms with Crippen molar-refractivity contribution in [1.82, 2.24) is 0 Å². The van der Waals surface area contributed by atoms with E-state index in [0.717, 1.165) is 8.95 Å². The Kier molecular flexibility index (Phi) is 6.01. The minimum atomic E-state index is -1.01. The second-order valence-corrected chi connectivity index (χ2v) is 6.12. The lowest BCUT2D eigenvalue weighted by atomic mass is 9.80. The first kappa shape index (κ1) is 17.0. The van der Waals surface area contributed by atoms with Gasteiger partial charge in [-0.05, 0) is 47.0 Å². The molecule has 1 aromatic carbocycles. The summed E-state index contributed by atoms with van der Waals surface area (Å²) in [5, 5.41) is 14.7. The van der Waals surface area contributed by atoms with Gasteiger partial charge in [-0.1, -0.05) is 34.9 Å². The molecule has 0 bridgehead atoms. The molecule has 20 heavy (non-hydrogen) atoms. The molecule has 0 atom stereocenters. The van der Waals surface area contributed by atoms with E-state index in [4.69, 9.17) is 10.9 Å². The molecule has 5 nitrogen and oxygen atoms in total. The maximum atomic E-state index is 12.5. The molecule has 110 valence electrons. The highest BCUT2D eigenvalue weighted by Crippen LogP contribution is 2.31. The van der Waals surface area contributed by atoms with Gasteiger partial charge in [0, 0.05) is 8.95 Å². The van der Waals surface area contributed by atoms with Crippen molar-refractivity contribution in [3.63, 3.8) is 0 Å². The van der Waals surface area contributed by atoms with Gasteiger partial charge in [-0.25, -0.2) is 0 Å². The Morgan fingerprint density at radius 3 is 2.45 bits per heavy atom. The second kappa shape index (κ2) is 7.08. The topological polar surface area (TPSA) is 87.7 Å². The van der Waals surface area contributed by atoms with Crippen molar-refractivity contribution in [1.29, 1.82) is 0 Å². The molecular formula is C13H17Br2N3O2. The normalized spacial score (nSPS) is 12.3. The molecule has 4 N–H and O–H groups in total. The van der Waals surface area contributed by atoms with Crippen molar-refractivity contribution in [3.8, 4) is 0 Å². The van der Waals surface area contributed by atoms with Crippen LogP contribution in [0.3, 0.4) is 0 Å². The van der Waals surface area contributed by atoms with Gasteiger partial charge in [0.25, 0.3) is 0 Å². The summed E-state index contributed by atoms with van der Waals surface area (Å²) in [7, 11) is 0. The van der Waals surface area contributed by atoms with Crippen LogP contribution in [-0.2, 0) is 4.79 Å². The van der Waals surface area contributed by atoms with E-state index in [9.17, 15) is 4.79 Å². The first-order valence-electron chi connectivity index (χ1n) is 6.15. The minimum absolute atomic E-state index is 0.0757. The summed E-state index contributed by atoms with van der Waals surface area (Å²) < 4.78 is 1.65. The smallest absolute Gasteiger partial charge is 0.238 e. The average molecular weight is 407 g/mol. The first-order valence-corrected chi connectivity index (χ1v) is 7.74. The SMILES string of the molecule is CCC(CC)(C(=O)Nc1ccc(Br)cc1Br)C(N)=NO. The number of carbonyl (C=O) groups excluding carboxylic acids is 1. The van der Waals surface area contributed by atoms with Crippen LogP contribution in [0.5, 0.6) is 0 Å². The van der Waals surface area contributed by atoms with Crippen LogP contribution < -0.4 is 11.1 Å². The van der Waals surface area contributed by atoms with E-state index in [0.29, 0.717) is 18.5 Å². The van der Waals surface area contributed by atoms with Gasteiger partial charge in [-0.15, -0.1) is 0 Å². The number of nitrogens with zero attached hydrogens (tertiary/aromatic N) is 1. The first-order chi connectivity index (χ1) is 9.41. The summed E-state index contributed by atoms with van der Waals surface area (Å²) in [5.41, 5.74) is 5.33. The van der Waals surface area contributed by atoms with Crippen LogP contribution in [0.25, 0.3) is 0 Å². The van der Waals surface area contributed by atoms with E-state index in [1.54, 1.807) is 6.07 Å². The highest BCUT2D eigenvalue weighted by Gasteiger charge is 2.40. The number of nitrogens with two attached hydrogens (primary N) is 1. The molecule has 0 radical (unpaired) electrons. The van der Waals surface area contributed by atoms with Crippen molar-refractivity contribution in [2.24, 2.45) is 16.3 Å². The molecular weight excluding hydrogens is 390 g/mol. The zero-order valence-electron chi connectivity index (χ0n) is 11.3. The Balaban J connectivity index is 3.09. The fourth-order valence-corrected chi connectivity index (χ4v) is 3.12. The Hall–Kier alpha value is -1.08. The molecule has 1 amide bonds. The number of benzene rings is 1. The van der Waals surface area contributed by atoms with Gasteiger partial charge in [-0.2, -0.15) is 0 Å². The molecule has 0 fully saturated rings. The molecule has 0 aliphatic rings. The number of halogens is 2. The van der Waals surface area contributed by atoms with E-state index in [1.165, 1.54) is 0 Å². The van der Waals surface area contributed by atoms with Crippen molar-refractivity contribution in [3.05, 3.63) is 27.1 Å². The quantitative estimate of drug-likeness (QED) is 0.301. The van der Waals surface area contributed by atoms with Gasteiger partial charge in [0.2, 0.25) is 5.91 Å².